The molecule has 2 fully saturated rings. The van der Waals surface area contributed by atoms with Gasteiger partial charge in [-0.3, -0.25) is 24.6 Å². The van der Waals surface area contributed by atoms with Crippen molar-refractivity contribution in [3.05, 3.63) is 64.7 Å². The minimum Gasteiger partial charge on any atom is -0.324 e. The molecule has 3 aliphatic rings. The topological polar surface area (TPSA) is 78.5 Å². The van der Waals surface area contributed by atoms with E-state index in [0.29, 0.717) is 6.42 Å². The zero-order valence-electron chi connectivity index (χ0n) is 19.2. The van der Waals surface area contributed by atoms with Gasteiger partial charge in [-0.05, 0) is 52.2 Å². The number of hydrogen-bond donors (Lipinski definition) is 2. The molecule has 3 amide bonds. The SMILES string of the molecule is Cc1cc(C)c2c(c1)C1(NC(Cc3ccccc3)C3C(=O)N(C(C)(C)C)C(=O)C31)C(=O)N2. The van der Waals surface area contributed by atoms with E-state index in [1.54, 1.807) is 0 Å². The number of imide groups is 1. The average molecular weight is 432 g/mol. The molecule has 1 spiro atoms. The number of nitrogens with zero attached hydrogens (tertiary/aromatic N) is 1. The van der Waals surface area contributed by atoms with Gasteiger partial charge >= 0.3 is 0 Å². The van der Waals surface area contributed by atoms with E-state index in [9.17, 15) is 14.4 Å². The van der Waals surface area contributed by atoms with E-state index in [1.807, 2.05) is 77.1 Å². The average Bonchev–Trinajstić information content (AvgIpc) is 3.28. The Morgan fingerprint density at radius 3 is 2.34 bits per heavy atom. The smallest absolute Gasteiger partial charge is 0.250 e. The fraction of sp³-hybridized carbons (Fsp3) is 0.423. The number of carbonyl (C=O) groups is 3. The summed E-state index contributed by atoms with van der Waals surface area (Å²) < 4.78 is 0. The van der Waals surface area contributed by atoms with E-state index in [4.69, 9.17) is 0 Å². The molecule has 0 radical (unpaired) electrons. The van der Waals surface area contributed by atoms with Crippen LogP contribution in [0.4, 0.5) is 5.69 Å². The number of rotatable bonds is 2. The number of anilines is 1. The van der Waals surface area contributed by atoms with E-state index in [2.05, 4.69) is 10.6 Å². The fourth-order valence-electron chi connectivity index (χ4n) is 5.96. The Morgan fingerprint density at radius 1 is 1.00 bits per heavy atom. The highest BCUT2D eigenvalue weighted by molar-refractivity contribution is 6.15. The van der Waals surface area contributed by atoms with Crippen LogP contribution in [0.3, 0.4) is 0 Å². The first kappa shape index (κ1) is 20.9. The molecule has 2 N–H and O–H groups in total. The molecule has 6 heteroatoms. The minimum atomic E-state index is -1.25. The maximum Gasteiger partial charge on any atom is 0.250 e. The summed E-state index contributed by atoms with van der Waals surface area (Å²) in [4.78, 5) is 42.5. The third kappa shape index (κ3) is 2.72. The van der Waals surface area contributed by atoms with Gasteiger partial charge in [0, 0.05) is 22.8 Å². The van der Waals surface area contributed by atoms with Crippen LogP contribution in [-0.2, 0) is 26.3 Å². The molecule has 3 aliphatic heterocycles. The van der Waals surface area contributed by atoms with Crippen LogP contribution in [0.25, 0.3) is 0 Å². The Labute approximate surface area is 188 Å². The number of amides is 3. The number of nitrogens with one attached hydrogen (secondary N) is 2. The van der Waals surface area contributed by atoms with Crippen molar-refractivity contribution < 1.29 is 14.4 Å². The molecule has 0 bridgehead atoms. The molecule has 2 aromatic rings. The maximum atomic E-state index is 13.8. The van der Waals surface area contributed by atoms with E-state index >= 15 is 0 Å². The quantitative estimate of drug-likeness (QED) is 0.717. The second-order valence-corrected chi connectivity index (χ2v) is 10.4. The predicted molar refractivity (Wildman–Crippen MR) is 122 cm³/mol. The molecule has 4 atom stereocenters. The first-order chi connectivity index (χ1) is 15.1. The molecular formula is C26H29N3O3. The normalized spacial score (nSPS) is 29.0. The minimum absolute atomic E-state index is 0.191. The predicted octanol–water partition coefficient (Wildman–Crippen LogP) is 3.07. The van der Waals surface area contributed by atoms with Crippen LogP contribution < -0.4 is 10.6 Å². The lowest BCUT2D eigenvalue weighted by molar-refractivity contribution is -0.147. The van der Waals surface area contributed by atoms with Crippen molar-refractivity contribution >= 4 is 23.4 Å². The van der Waals surface area contributed by atoms with Gasteiger partial charge in [-0.2, -0.15) is 0 Å². The zero-order valence-corrected chi connectivity index (χ0v) is 19.2. The van der Waals surface area contributed by atoms with Gasteiger partial charge < -0.3 is 5.32 Å². The van der Waals surface area contributed by atoms with E-state index < -0.39 is 22.9 Å². The summed E-state index contributed by atoms with van der Waals surface area (Å²) in [5.74, 6) is -2.07. The van der Waals surface area contributed by atoms with Crippen LogP contribution >= 0.6 is 0 Å². The van der Waals surface area contributed by atoms with Crippen LogP contribution in [0.2, 0.25) is 0 Å². The number of carbonyl (C=O) groups excluding carboxylic acids is 3. The van der Waals surface area contributed by atoms with E-state index in [1.165, 1.54) is 4.90 Å². The second kappa shape index (κ2) is 6.75. The Bertz CT molecular complexity index is 1150. The van der Waals surface area contributed by atoms with Gasteiger partial charge in [0.25, 0.3) is 0 Å². The summed E-state index contributed by atoms with van der Waals surface area (Å²) in [7, 11) is 0. The summed E-state index contributed by atoms with van der Waals surface area (Å²) in [5.41, 5.74) is 2.67. The molecule has 5 rings (SSSR count). The fourth-order valence-corrected chi connectivity index (χ4v) is 5.96. The number of hydrogen-bond acceptors (Lipinski definition) is 4. The maximum absolute atomic E-state index is 13.8. The van der Waals surface area contributed by atoms with Crippen molar-refractivity contribution in [2.24, 2.45) is 11.8 Å². The molecule has 0 saturated carbocycles. The highest BCUT2D eigenvalue weighted by Crippen LogP contribution is 2.54. The van der Waals surface area contributed by atoms with Gasteiger partial charge in [0.15, 0.2) is 0 Å². The van der Waals surface area contributed by atoms with Crippen molar-refractivity contribution in [1.29, 1.82) is 0 Å². The third-order valence-corrected chi connectivity index (χ3v) is 7.13. The number of benzene rings is 2. The van der Waals surface area contributed by atoms with Crippen LogP contribution in [-0.4, -0.2) is 34.2 Å². The molecule has 166 valence electrons. The van der Waals surface area contributed by atoms with Crippen molar-refractivity contribution in [2.45, 2.75) is 58.2 Å². The summed E-state index contributed by atoms with van der Waals surface area (Å²) >= 11 is 0. The largest absolute Gasteiger partial charge is 0.324 e. The van der Waals surface area contributed by atoms with Crippen molar-refractivity contribution in [3.63, 3.8) is 0 Å². The zero-order chi connectivity index (χ0) is 23.0. The van der Waals surface area contributed by atoms with E-state index in [0.717, 1.165) is 27.9 Å². The molecule has 32 heavy (non-hydrogen) atoms. The summed E-state index contributed by atoms with van der Waals surface area (Å²) in [5, 5.41) is 6.56. The molecule has 3 heterocycles. The Morgan fingerprint density at radius 2 is 1.69 bits per heavy atom. The van der Waals surface area contributed by atoms with Crippen LogP contribution in [0.5, 0.6) is 0 Å². The Kier molecular flexibility index (Phi) is 4.41. The van der Waals surface area contributed by atoms with Gasteiger partial charge in [-0.25, -0.2) is 0 Å². The van der Waals surface area contributed by atoms with Gasteiger partial charge in [-0.15, -0.1) is 0 Å². The van der Waals surface area contributed by atoms with E-state index in [-0.39, 0.29) is 23.8 Å². The molecule has 2 saturated heterocycles. The molecule has 6 nitrogen and oxygen atoms in total. The molecule has 2 aromatic carbocycles. The summed E-state index contributed by atoms with van der Waals surface area (Å²) in [6, 6.07) is 13.6. The Hall–Kier alpha value is -2.99. The molecule has 4 unspecified atom stereocenters. The Balaban J connectivity index is 1.69. The molecular weight excluding hydrogens is 402 g/mol. The summed E-state index contributed by atoms with van der Waals surface area (Å²) in [6.07, 6.45) is 0.564. The van der Waals surface area contributed by atoms with Crippen LogP contribution in [0.1, 0.15) is 43.0 Å². The number of likely N-dealkylation sites (tertiary alicyclic amines) is 1. The highest BCUT2D eigenvalue weighted by Gasteiger charge is 2.71. The molecule has 0 aromatic heterocycles. The lowest BCUT2D eigenvalue weighted by Crippen LogP contribution is -2.56. The van der Waals surface area contributed by atoms with Gasteiger partial charge in [0.1, 0.15) is 5.54 Å². The molecule has 0 aliphatic carbocycles. The monoisotopic (exact) mass is 431 g/mol. The summed E-state index contributed by atoms with van der Waals surface area (Å²) in [6.45, 7) is 9.55. The van der Waals surface area contributed by atoms with Gasteiger partial charge in [-0.1, -0.05) is 48.0 Å². The number of fused-ring (bicyclic) bond motifs is 4. The number of aryl methyl sites for hydroxylation is 2. The van der Waals surface area contributed by atoms with Crippen molar-refractivity contribution in [3.8, 4) is 0 Å². The van der Waals surface area contributed by atoms with Crippen molar-refractivity contribution in [1.82, 2.24) is 10.2 Å². The first-order valence-electron chi connectivity index (χ1n) is 11.2. The van der Waals surface area contributed by atoms with Gasteiger partial charge in [0.05, 0.1) is 11.8 Å². The lowest BCUT2D eigenvalue weighted by atomic mass is 9.75. The first-order valence-corrected chi connectivity index (χ1v) is 11.2. The van der Waals surface area contributed by atoms with Crippen LogP contribution in [0.15, 0.2) is 42.5 Å². The van der Waals surface area contributed by atoms with Gasteiger partial charge in [0.2, 0.25) is 17.7 Å². The standard InChI is InChI=1S/C26H29N3O3/c1-14-11-15(2)21-17(12-14)26(24(32)27-21)20-19(22(30)29(23(20)31)25(3,4)5)18(28-26)13-16-9-7-6-8-10-16/h6-12,18-20,28H,13H2,1-5H3,(H,27,32). The highest BCUT2D eigenvalue weighted by atomic mass is 16.2. The second-order valence-electron chi connectivity index (χ2n) is 10.4. The lowest BCUT2D eigenvalue weighted by Gasteiger charge is -2.34. The van der Waals surface area contributed by atoms with Crippen molar-refractivity contribution in [2.75, 3.05) is 5.32 Å². The third-order valence-electron chi connectivity index (χ3n) is 7.13. The van der Waals surface area contributed by atoms with Crippen LogP contribution in [0, 0.1) is 25.7 Å².